The average Bonchev–Trinajstić information content (AvgIpc) is 3.49. The van der Waals surface area contributed by atoms with Crippen molar-refractivity contribution in [2.45, 2.75) is 10.3 Å². The third kappa shape index (κ3) is 3.51. The van der Waals surface area contributed by atoms with Crippen LogP contribution in [0.15, 0.2) is 144 Å². The van der Waals surface area contributed by atoms with Crippen LogP contribution in [0, 0.1) is 0 Å². The van der Waals surface area contributed by atoms with Crippen molar-refractivity contribution < 1.29 is 0 Å². The van der Waals surface area contributed by atoms with Crippen LogP contribution >= 0.6 is 11.8 Å². The summed E-state index contributed by atoms with van der Waals surface area (Å²) in [6.07, 6.45) is 0. The Morgan fingerprint density at radius 3 is 2.02 bits per heavy atom. The molecule has 1 aliphatic heterocycles. The molecule has 192 valence electrons. The van der Waals surface area contributed by atoms with Crippen LogP contribution in [0.5, 0.6) is 0 Å². The highest BCUT2D eigenvalue weighted by atomic mass is 32.2. The van der Waals surface area contributed by atoms with Gasteiger partial charge in [0.15, 0.2) is 0 Å². The molecule has 2 heteroatoms. The monoisotopic (exact) mass is 539 g/mol. The number of rotatable bonds is 2. The van der Waals surface area contributed by atoms with Crippen LogP contribution in [0.1, 0.15) is 10.9 Å². The van der Waals surface area contributed by atoms with Crippen molar-refractivity contribution in [1.82, 2.24) is 0 Å². The molecule has 1 heterocycles. The van der Waals surface area contributed by atoms with E-state index in [9.17, 15) is 0 Å². The van der Waals surface area contributed by atoms with Crippen molar-refractivity contribution in [2.24, 2.45) is 0 Å². The van der Waals surface area contributed by atoms with E-state index >= 15 is 0 Å². The highest BCUT2D eigenvalue weighted by molar-refractivity contribution is 8.00. The topological polar surface area (TPSA) is 12.0 Å². The third-order valence-electron chi connectivity index (χ3n) is 8.66. The summed E-state index contributed by atoms with van der Waals surface area (Å²) >= 11 is 1.93. The van der Waals surface area contributed by atoms with Crippen LogP contribution in [0.25, 0.3) is 65.0 Å². The van der Waals surface area contributed by atoms with Crippen molar-refractivity contribution in [1.29, 1.82) is 0 Å². The van der Waals surface area contributed by atoms with Gasteiger partial charge in [0.05, 0.1) is 0 Å². The molecule has 1 atom stereocenters. The Kier molecular flexibility index (Phi) is 4.96. The molecular weight excluding hydrogens is 515 g/mol. The van der Waals surface area contributed by atoms with Gasteiger partial charge in [-0.2, -0.15) is 0 Å². The van der Waals surface area contributed by atoms with Crippen LogP contribution in [-0.4, -0.2) is 0 Å². The molecule has 0 aliphatic carbocycles. The van der Waals surface area contributed by atoms with E-state index in [4.69, 9.17) is 0 Å². The Balaban J connectivity index is 1.31. The van der Waals surface area contributed by atoms with Gasteiger partial charge in [0.25, 0.3) is 0 Å². The molecule has 0 fully saturated rings. The molecule has 1 aliphatic rings. The van der Waals surface area contributed by atoms with Gasteiger partial charge in [-0.15, -0.1) is 0 Å². The first-order valence-electron chi connectivity index (χ1n) is 14.1. The zero-order chi connectivity index (χ0) is 26.9. The molecule has 0 aromatic heterocycles. The minimum Gasteiger partial charge on any atom is -0.368 e. The van der Waals surface area contributed by atoms with Gasteiger partial charge in [0, 0.05) is 16.0 Å². The highest BCUT2D eigenvalue weighted by Crippen LogP contribution is 2.51. The van der Waals surface area contributed by atoms with Crippen molar-refractivity contribution in [2.75, 3.05) is 5.32 Å². The molecule has 0 radical (unpaired) electrons. The summed E-state index contributed by atoms with van der Waals surface area (Å²) in [5, 5.41) is 17.0. The standard InChI is InChI=1S/C39H25NS/c1-2-9-27(10-3-1)39-40-36-21-19-26-16-14-25-15-17-28(22-34(25)37(26)38(36)41-39)33-23-35-29-11-5-4-8-24(29)18-20-32(35)30-12-6-7-13-31(30)33/h1-23,39-40H. The molecule has 0 amide bonds. The maximum Gasteiger partial charge on any atom is 0.103 e. The van der Waals surface area contributed by atoms with Gasteiger partial charge in [0.2, 0.25) is 0 Å². The van der Waals surface area contributed by atoms with Crippen LogP contribution in [0.4, 0.5) is 5.69 Å². The predicted molar refractivity (Wildman–Crippen MR) is 178 cm³/mol. The van der Waals surface area contributed by atoms with Gasteiger partial charge < -0.3 is 5.32 Å². The van der Waals surface area contributed by atoms with E-state index in [2.05, 4.69) is 145 Å². The van der Waals surface area contributed by atoms with Crippen LogP contribution in [-0.2, 0) is 0 Å². The fraction of sp³-hybridized carbons (Fsp3) is 0.0256. The summed E-state index contributed by atoms with van der Waals surface area (Å²) < 4.78 is 0. The van der Waals surface area contributed by atoms with Crippen molar-refractivity contribution >= 4 is 71.3 Å². The molecule has 1 N–H and O–H groups in total. The van der Waals surface area contributed by atoms with Crippen LogP contribution in [0.3, 0.4) is 0 Å². The Bertz CT molecular complexity index is 2320. The summed E-state index contributed by atoms with van der Waals surface area (Å²) in [5.74, 6) is 0. The molecule has 41 heavy (non-hydrogen) atoms. The lowest BCUT2D eigenvalue weighted by molar-refractivity contribution is 1.14. The third-order valence-corrected chi connectivity index (χ3v) is 9.94. The number of benzene rings is 8. The molecule has 8 aromatic carbocycles. The van der Waals surface area contributed by atoms with Gasteiger partial charge in [0.1, 0.15) is 5.37 Å². The summed E-state index contributed by atoms with van der Waals surface area (Å²) in [4.78, 5) is 1.34. The maximum absolute atomic E-state index is 3.78. The summed E-state index contributed by atoms with van der Waals surface area (Å²) in [5.41, 5.74) is 5.06. The van der Waals surface area contributed by atoms with Gasteiger partial charge in [-0.1, -0.05) is 133 Å². The second-order valence-corrected chi connectivity index (χ2v) is 12.1. The molecular formula is C39H25NS. The van der Waals surface area contributed by atoms with Crippen LogP contribution in [0.2, 0.25) is 0 Å². The lowest BCUT2D eigenvalue weighted by Crippen LogP contribution is -2.00. The second-order valence-electron chi connectivity index (χ2n) is 10.9. The first kappa shape index (κ1) is 23.0. The number of fused-ring (bicyclic) bond motifs is 10. The quantitative estimate of drug-likeness (QED) is 0.219. The van der Waals surface area contributed by atoms with Gasteiger partial charge >= 0.3 is 0 Å². The predicted octanol–water partition coefficient (Wildman–Crippen LogP) is 11.3. The number of hydrogen-bond acceptors (Lipinski definition) is 2. The first-order valence-corrected chi connectivity index (χ1v) is 15.0. The normalized spacial score (nSPS) is 14.7. The van der Waals surface area contributed by atoms with Gasteiger partial charge in [-0.25, -0.2) is 0 Å². The molecule has 0 saturated carbocycles. The zero-order valence-electron chi connectivity index (χ0n) is 22.3. The first-order chi connectivity index (χ1) is 20.3. The molecule has 1 nitrogen and oxygen atoms in total. The van der Waals surface area contributed by atoms with E-state index in [-0.39, 0.29) is 5.37 Å². The Morgan fingerprint density at radius 1 is 0.463 bits per heavy atom. The number of nitrogens with one attached hydrogen (secondary N) is 1. The van der Waals surface area contributed by atoms with Crippen LogP contribution < -0.4 is 5.32 Å². The largest absolute Gasteiger partial charge is 0.368 e. The van der Waals surface area contributed by atoms with Crippen molar-refractivity contribution in [3.63, 3.8) is 0 Å². The molecule has 8 aromatic rings. The molecule has 0 bridgehead atoms. The summed E-state index contributed by atoms with van der Waals surface area (Å²) in [6, 6.07) is 51.4. The zero-order valence-corrected chi connectivity index (χ0v) is 23.1. The molecule has 1 unspecified atom stereocenters. The van der Waals surface area contributed by atoms with Crippen molar-refractivity contribution in [3.8, 4) is 11.1 Å². The summed E-state index contributed by atoms with van der Waals surface area (Å²) in [6.45, 7) is 0. The van der Waals surface area contributed by atoms with E-state index < -0.39 is 0 Å². The number of hydrogen-bond donors (Lipinski definition) is 1. The SMILES string of the molecule is c1ccc(C2Nc3ccc4ccc5ccc(-c6cc7c8ccccc8ccc7c7ccccc67)cc5c4c3S2)cc1. The van der Waals surface area contributed by atoms with Gasteiger partial charge in [-0.05, 0) is 83.4 Å². The van der Waals surface area contributed by atoms with E-state index in [1.807, 2.05) is 11.8 Å². The summed E-state index contributed by atoms with van der Waals surface area (Å²) in [7, 11) is 0. The fourth-order valence-corrected chi connectivity index (χ4v) is 8.00. The molecule has 0 spiro atoms. The smallest absolute Gasteiger partial charge is 0.103 e. The van der Waals surface area contributed by atoms with E-state index in [0.29, 0.717) is 0 Å². The van der Waals surface area contributed by atoms with Gasteiger partial charge in [-0.3, -0.25) is 0 Å². The van der Waals surface area contributed by atoms with E-state index in [0.717, 1.165) is 0 Å². The van der Waals surface area contributed by atoms with E-state index in [1.54, 1.807) is 0 Å². The molecule has 0 saturated heterocycles. The lowest BCUT2D eigenvalue weighted by atomic mass is 9.89. The van der Waals surface area contributed by atoms with Crippen molar-refractivity contribution in [3.05, 3.63) is 145 Å². The van der Waals surface area contributed by atoms with E-state index in [1.165, 1.54) is 81.1 Å². The molecule has 9 rings (SSSR count). The number of thioether (sulfide) groups is 1. The minimum atomic E-state index is 0.216. The Morgan fingerprint density at radius 2 is 1.12 bits per heavy atom. The minimum absolute atomic E-state index is 0.216. The lowest BCUT2D eigenvalue weighted by Gasteiger charge is -2.14. The fourth-order valence-electron chi connectivity index (χ4n) is 6.68. The Hall–Kier alpha value is -4.79. The highest BCUT2D eigenvalue weighted by Gasteiger charge is 2.25. The number of anilines is 1. The second kappa shape index (κ2) is 8.86. The maximum atomic E-state index is 3.78. The average molecular weight is 540 g/mol. The Labute approximate surface area is 242 Å².